The average Bonchev–Trinajstić information content (AvgIpc) is 3.38. The van der Waals surface area contributed by atoms with Gasteiger partial charge in [-0.05, 0) is 52.7 Å². The predicted molar refractivity (Wildman–Crippen MR) is 127 cm³/mol. The normalized spacial score (nSPS) is 12.0. The monoisotopic (exact) mass is 401 g/mol. The Labute approximate surface area is 176 Å². The van der Waals surface area contributed by atoms with Crippen LogP contribution in [0.3, 0.4) is 0 Å². The molecule has 0 atom stereocenters. The van der Waals surface area contributed by atoms with Gasteiger partial charge in [0.15, 0.2) is 0 Å². The van der Waals surface area contributed by atoms with Crippen LogP contribution in [-0.2, 0) is 0 Å². The quantitative estimate of drug-likeness (QED) is 0.259. The number of pyridine rings is 1. The molecule has 140 valence electrons. The lowest BCUT2D eigenvalue weighted by Gasteiger charge is -2.10. The number of rotatable bonds is 1. The van der Waals surface area contributed by atoms with E-state index in [1.54, 1.807) is 11.3 Å². The molecule has 0 aliphatic carbocycles. The molecule has 7 rings (SSSR count). The molecule has 0 bridgehead atoms. The molecule has 3 aromatic heterocycles. The van der Waals surface area contributed by atoms with Crippen molar-refractivity contribution in [3.8, 4) is 11.1 Å². The van der Waals surface area contributed by atoms with Crippen LogP contribution in [0, 0.1) is 0 Å². The molecule has 0 N–H and O–H groups in total. The number of thiophene rings is 1. The second kappa shape index (κ2) is 5.91. The first-order valence-electron chi connectivity index (χ1n) is 9.96. The van der Waals surface area contributed by atoms with Gasteiger partial charge in [-0.15, -0.1) is 11.3 Å². The van der Waals surface area contributed by atoms with Crippen LogP contribution >= 0.6 is 11.3 Å². The van der Waals surface area contributed by atoms with Crippen molar-refractivity contribution in [2.45, 2.75) is 0 Å². The van der Waals surface area contributed by atoms with Crippen LogP contribution in [0.25, 0.3) is 64.8 Å². The first-order valence-corrected chi connectivity index (χ1v) is 10.8. The zero-order chi connectivity index (χ0) is 19.7. The van der Waals surface area contributed by atoms with Gasteiger partial charge in [0.1, 0.15) is 11.2 Å². The van der Waals surface area contributed by atoms with Crippen molar-refractivity contribution in [1.29, 1.82) is 0 Å². The zero-order valence-electron chi connectivity index (χ0n) is 15.9. The standard InChI is InChI=1S/C27H15NOS/c1-3-9-24-17(6-1)22-13-16-12-21(23-15-30-26-10-4-2-7-18(23)26)19-8-5-11-28-27(19)20(16)14-25(22)29-24/h1-15H. The number of aromatic nitrogens is 1. The summed E-state index contributed by atoms with van der Waals surface area (Å²) in [5.74, 6) is 0. The first-order chi connectivity index (χ1) is 14.9. The Hall–Kier alpha value is -3.69. The lowest BCUT2D eigenvalue weighted by atomic mass is 9.94. The molecule has 2 nitrogen and oxygen atoms in total. The fourth-order valence-electron chi connectivity index (χ4n) is 4.59. The van der Waals surface area contributed by atoms with Crippen LogP contribution in [0.15, 0.2) is 94.9 Å². The van der Waals surface area contributed by atoms with Gasteiger partial charge in [-0.1, -0.05) is 42.5 Å². The minimum atomic E-state index is 0.907. The second-order valence-corrected chi connectivity index (χ2v) is 8.55. The fraction of sp³-hybridized carbons (Fsp3) is 0. The van der Waals surface area contributed by atoms with Gasteiger partial charge >= 0.3 is 0 Å². The highest BCUT2D eigenvalue weighted by molar-refractivity contribution is 7.17. The van der Waals surface area contributed by atoms with E-state index in [0.717, 1.165) is 32.8 Å². The van der Waals surface area contributed by atoms with Crippen LogP contribution < -0.4 is 0 Å². The molecule has 3 heterocycles. The summed E-state index contributed by atoms with van der Waals surface area (Å²) < 4.78 is 7.45. The maximum Gasteiger partial charge on any atom is 0.136 e. The van der Waals surface area contributed by atoms with Crippen molar-refractivity contribution in [3.63, 3.8) is 0 Å². The number of hydrogen-bond acceptors (Lipinski definition) is 3. The fourth-order valence-corrected chi connectivity index (χ4v) is 5.55. The topological polar surface area (TPSA) is 26.0 Å². The van der Waals surface area contributed by atoms with E-state index < -0.39 is 0 Å². The summed E-state index contributed by atoms with van der Waals surface area (Å²) >= 11 is 1.79. The molecule has 7 aromatic rings. The third kappa shape index (κ3) is 2.15. The highest BCUT2D eigenvalue weighted by atomic mass is 32.1. The zero-order valence-corrected chi connectivity index (χ0v) is 16.7. The van der Waals surface area contributed by atoms with E-state index >= 15 is 0 Å². The van der Waals surface area contributed by atoms with E-state index in [1.807, 2.05) is 24.4 Å². The van der Waals surface area contributed by atoms with E-state index in [4.69, 9.17) is 9.40 Å². The van der Waals surface area contributed by atoms with Crippen LogP contribution in [0.1, 0.15) is 0 Å². The van der Waals surface area contributed by atoms with Crippen LogP contribution in [-0.4, -0.2) is 4.98 Å². The molecule has 0 fully saturated rings. The highest BCUT2D eigenvalue weighted by Crippen LogP contribution is 2.41. The number of para-hydroxylation sites is 1. The molecule has 4 aromatic carbocycles. The van der Waals surface area contributed by atoms with E-state index in [2.05, 4.69) is 66.0 Å². The summed E-state index contributed by atoms with van der Waals surface area (Å²) in [6, 6.07) is 27.7. The number of hydrogen-bond donors (Lipinski definition) is 0. The van der Waals surface area contributed by atoms with Gasteiger partial charge in [0.2, 0.25) is 0 Å². The molecular formula is C27H15NOS. The Bertz CT molecular complexity index is 1760. The Morgan fingerprint density at radius 1 is 0.633 bits per heavy atom. The number of furan rings is 1. The van der Waals surface area contributed by atoms with Crippen molar-refractivity contribution < 1.29 is 4.42 Å². The molecular weight excluding hydrogens is 386 g/mol. The Kier molecular flexibility index (Phi) is 3.18. The van der Waals surface area contributed by atoms with Gasteiger partial charge in [-0.3, -0.25) is 4.98 Å². The van der Waals surface area contributed by atoms with Crippen molar-refractivity contribution in [2.24, 2.45) is 0 Å². The maximum absolute atomic E-state index is 6.14. The summed E-state index contributed by atoms with van der Waals surface area (Å²) in [6.07, 6.45) is 1.88. The smallest absolute Gasteiger partial charge is 0.136 e. The highest BCUT2D eigenvalue weighted by Gasteiger charge is 2.15. The molecule has 0 saturated carbocycles. The molecule has 0 aliphatic rings. The Morgan fingerprint density at radius 3 is 2.43 bits per heavy atom. The average molecular weight is 401 g/mol. The number of fused-ring (bicyclic) bond motifs is 7. The summed E-state index contributed by atoms with van der Waals surface area (Å²) in [7, 11) is 0. The van der Waals surface area contributed by atoms with Crippen molar-refractivity contribution in [2.75, 3.05) is 0 Å². The summed E-state index contributed by atoms with van der Waals surface area (Å²) in [5.41, 5.74) is 5.35. The van der Waals surface area contributed by atoms with E-state index in [9.17, 15) is 0 Å². The van der Waals surface area contributed by atoms with E-state index in [0.29, 0.717) is 0 Å². The lowest BCUT2D eigenvalue weighted by molar-refractivity contribution is 0.669. The molecule has 30 heavy (non-hydrogen) atoms. The van der Waals surface area contributed by atoms with Gasteiger partial charge in [0.25, 0.3) is 0 Å². The van der Waals surface area contributed by atoms with Crippen LogP contribution in [0.2, 0.25) is 0 Å². The Balaban J connectivity index is 1.66. The van der Waals surface area contributed by atoms with Crippen LogP contribution in [0.4, 0.5) is 0 Å². The number of nitrogens with zero attached hydrogens (tertiary/aromatic N) is 1. The third-order valence-corrected chi connectivity index (χ3v) is 6.94. The molecule has 0 aliphatic heterocycles. The largest absolute Gasteiger partial charge is 0.456 e. The predicted octanol–water partition coefficient (Wildman–Crippen LogP) is 8.17. The summed E-state index contributed by atoms with van der Waals surface area (Å²) in [5, 5.41) is 9.34. The summed E-state index contributed by atoms with van der Waals surface area (Å²) in [6.45, 7) is 0. The minimum absolute atomic E-state index is 0.907. The Morgan fingerprint density at radius 2 is 1.47 bits per heavy atom. The SMILES string of the molecule is c1ccc2c(c1)oc1cc3c(cc(-c4csc5ccccc45)c4cccnc43)cc12. The van der Waals surface area contributed by atoms with Crippen molar-refractivity contribution in [3.05, 3.63) is 90.4 Å². The van der Waals surface area contributed by atoms with Gasteiger partial charge in [0.05, 0.1) is 5.52 Å². The van der Waals surface area contributed by atoms with Crippen molar-refractivity contribution >= 4 is 65.0 Å². The maximum atomic E-state index is 6.14. The number of benzene rings is 4. The van der Waals surface area contributed by atoms with Crippen molar-refractivity contribution in [1.82, 2.24) is 4.98 Å². The molecule has 3 heteroatoms. The van der Waals surface area contributed by atoms with Gasteiger partial charge in [-0.2, -0.15) is 0 Å². The van der Waals surface area contributed by atoms with E-state index in [1.165, 1.54) is 32.0 Å². The molecule has 0 saturated heterocycles. The molecule has 0 spiro atoms. The second-order valence-electron chi connectivity index (χ2n) is 7.64. The lowest BCUT2D eigenvalue weighted by Crippen LogP contribution is -1.86. The summed E-state index contributed by atoms with van der Waals surface area (Å²) in [4.78, 5) is 4.78. The minimum Gasteiger partial charge on any atom is -0.456 e. The van der Waals surface area contributed by atoms with Gasteiger partial charge < -0.3 is 4.42 Å². The van der Waals surface area contributed by atoms with Gasteiger partial charge in [0, 0.05) is 43.4 Å². The van der Waals surface area contributed by atoms with E-state index in [-0.39, 0.29) is 0 Å². The third-order valence-electron chi connectivity index (χ3n) is 5.97. The molecule has 0 unspecified atom stereocenters. The molecule has 0 radical (unpaired) electrons. The molecule has 0 amide bonds. The van der Waals surface area contributed by atoms with Crippen LogP contribution in [0.5, 0.6) is 0 Å². The van der Waals surface area contributed by atoms with Gasteiger partial charge in [-0.25, -0.2) is 0 Å². The first kappa shape index (κ1) is 16.1.